The summed E-state index contributed by atoms with van der Waals surface area (Å²) in [6.07, 6.45) is 0. The van der Waals surface area contributed by atoms with Crippen molar-refractivity contribution in [3.05, 3.63) is 105 Å². The summed E-state index contributed by atoms with van der Waals surface area (Å²) in [6, 6.07) is 30.2. The van der Waals surface area contributed by atoms with Gasteiger partial charge in [0.2, 0.25) is 0 Å². The molecule has 3 rings (SSSR count). The van der Waals surface area contributed by atoms with E-state index in [1.807, 2.05) is 0 Å². The molecule has 0 bridgehead atoms. The Kier molecular flexibility index (Phi) is 5.83. The van der Waals surface area contributed by atoms with Crippen LogP contribution < -0.4 is 0 Å². The Bertz CT molecular complexity index is 666. The first-order chi connectivity index (χ1) is 11.3. The van der Waals surface area contributed by atoms with E-state index >= 15 is 0 Å². The molecule has 0 aliphatic carbocycles. The van der Waals surface area contributed by atoms with Crippen molar-refractivity contribution in [3.8, 4) is 0 Å². The van der Waals surface area contributed by atoms with Gasteiger partial charge in [0.15, 0.2) is 0 Å². The minimum atomic E-state index is 0.959. The van der Waals surface area contributed by atoms with Crippen LogP contribution >= 0.6 is 22.6 Å². The molecule has 1 nitrogen and oxygen atoms in total. The molecule has 0 aliphatic rings. The maximum Gasteiger partial charge on any atom is 0.0240 e. The highest BCUT2D eigenvalue weighted by Crippen LogP contribution is 2.15. The highest BCUT2D eigenvalue weighted by Gasteiger charge is 2.08. The maximum atomic E-state index is 2.49. The maximum absolute atomic E-state index is 2.49. The fraction of sp³-hybridized carbons (Fsp3) is 0.143. The Morgan fingerprint density at radius 1 is 0.522 bits per heavy atom. The predicted molar refractivity (Wildman–Crippen MR) is 105 cm³/mol. The third-order valence-corrected chi connectivity index (χ3v) is 4.54. The molecule has 0 aliphatic heterocycles. The molecule has 116 valence electrons. The van der Waals surface area contributed by atoms with Crippen LogP contribution in [0.2, 0.25) is 0 Å². The van der Waals surface area contributed by atoms with Crippen molar-refractivity contribution in [2.24, 2.45) is 0 Å². The molecule has 0 aromatic heterocycles. The second-order valence-corrected chi connectivity index (χ2v) is 6.99. The Hall–Kier alpha value is -1.65. The number of hydrogen-bond donors (Lipinski definition) is 0. The monoisotopic (exact) mass is 413 g/mol. The van der Waals surface area contributed by atoms with E-state index in [1.165, 1.54) is 20.3 Å². The molecule has 0 saturated carbocycles. The third kappa shape index (κ3) is 5.19. The standard InChI is InChI=1S/C21H20IN/c22-21-13-11-20(12-14-21)17-23(15-18-7-3-1-4-8-18)16-19-9-5-2-6-10-19/h1-14H,15-17H2. The average Bonchev–Trinajstić information content (AvgIpc) is 2.59. The Morgan fingerprint density at radius 2 is 0.913 bits per heavy atom. The molecule has 3 aromatic rings. The summed E-state index contributed by atoms with van der Waals surface area (Å²) in [5, 5.41) is 0. The molecule has 0 unspecified atom stereocenters. The molecule has 0 saturated heterocycles. The molecule has 0 fully saturated rings. The van der Waals surface area contributed by atoms with Gasteiger partial charge in [-0.15, -0.1) is 0 Å². The van der Waals surface area contributed by atoms with Crippen LogP contribution in [0.15, 0.2) is 84.9 Å². The Labute approximate surface area is 152 Å². The van der Waals surface area contributed by atoms with Crippen molar-refractivity contribution in [2.75, 3.05) is 0 Å². The smallest absolute Gasteiger partial charge is 0.0240 e. The van der Waals surface area contributed by atoms with Crippen molar-refractivity contribution < 1.29 is 0 Å². The van der Waals surface area contributed by atoms with Gasteiger partial charge in [-0.3, -0.25) is 4.90 Å². The lowest BCUT2D eigenvalue weighted by Gasteiger charge is -2.23. The molecule has 23 heavy (non-hydrogen) atoms. The summed E-state index contributed by atoms with van der Waals surface area (Å²) in [6.45, 7) is 2.88. The zero-order valence-electron chi connectivity index (χ0n) is 13.0. The Balaban J connectivity index is 1.76. The molecule has 0 heterocycles. The van der Waals surface area contributed by atoms with E-state index < -0.39 is 0 Å². The molecular weight excluding hydrogens is 393 g/mol. The van der Waals surface area contributed by atoms with E-state index in [4.69, 9.17) is 0 Å². The van der Waals surface area contributed by atoms with E-state index in [-0.39, 0.29) is 0 Å². The molecule has 2 heteroatoms. The first-order valence-electron chi connectivity index (χ1n) is 7.84. The van der Waals surface area contributed by atoms with Gasteiger partial charge in [-0.05, 0) is 51.4 Å². The van der Waals surface area contributed by atoms with Crippen LogP contribution in [0.5, 0.6) is 0 Å². The van der Waals surface area contributed by atoms with Crippen LogP contribution in [0.3, 0.4) is 0 Å². The highest BCUT2D eigenvalue weighted by molar-refractivity contribution is 14.1. The summed E-state index contributed by atoms with van der Waals surface area (Å²) < 4.78 is 1.28. The van der Waals surface area contributed by atoms with Crippen LogP contribution in [0.4, 0.5) is 0 Å². The van der Waals surface area contributed by atoms with Crippen molar-refractivity contribution in [2.45, 2.75) is 19.6 Å². The molecule has 0 atom stereocenters. The van der Waals surface area contributed by atoms with E-state index in [2.05, 4.69) is 112 Å². The van der Waals surface area contributed by atoms with Crippen LogP contribution in [0, 0.1) is 3.57 Å². The van der Waals surface area contributed by atoms with Crippen LogP contribution in [-0.2, 0) is 19.6 Å². The molecule has 0 radical (unpaired) electrons. The minimum Gasteiger partial charge on any atom is -0.291 e. The van der Waals surface area contributed by atoms with Crippen LogP contribution in [-0.4, -0.2) is 4.90 Å². The van der Waals surface area contributed by atoms with Gasteiger partial charge < -0.3 is 0 Å². The number of rotatable bonds is 6. The molecule has 3 aromatic carbocycles. The van der Waals surface area contributed by atoms with Gasteiger partial charge in [0.25, 0.3) is 0 Å². The van der Waals surface area contributed by atoms with Gasteiger partial charge in [-0.2, -0.15) is 0 Å². The summed E-state index contributed by atoms with van der Waals surface area (Å²) in [5.74, 6) is 0. The zero-order chi connectivity index (χ0) is 15.9. The predicted octanol–water partition coefficient (Wildman–Crippen LogP) is 5.49. The van der Waals surface area contributed by atoms with E-state index in [9.17, 15) is 0 Å². The largest absolute Gasteiger partial charge is 0.291 e. The lowest BCUT2D eigenvalue weighted by atomic mass is 10.1. The van der Waals surface area contributed by atoms with E-state index in [0.29, 0.717) is 0 Å². The molecule has 0 spiro atoms. The number of halogens is 1. The quantitative estimate of drug-likeness (QED) is 0.483. The molecule has 0 N–H and O–H groups in total. The van der Waals surface area contributed by atoms with E-state index in [0.717, 1.165) is 19.6 Å². The normalized spacial score (nSPS) is 10.9. The average molecular weight is 413 g/mol. The molecular formula is C21H20IN. The lowest BCUT2D eigenvalue weighted by Crippen LogP contribution is -2.22. The van der Waals surface area contributed by atoms with Gasteiger partial charge in [-0.1, -0.05) is 72.8 Å². The first-order valence-corrected chi connectivity index (χ1v) is 8.92. The third-order valence-electron chi connectivity index (χ3n) is 3.82. The van der Waals surface area contributed by atoms with Crippen molar-refractivity contribution >= 4 is 22.6 Å². The van der Waals surface area contributed by atoms with Gasteiger partial charge in [0.05, 0.1) is 0 Å². The summed E-state index contributed by atoms with van der Waals surface area (Å²) in [5.41, 5.74) is 4.07. The second kappa shape index (κ2) is 8.27. The molecule has 0 amide bonds. The summed E-state index contributed by atoms with van der Waals surface area (Å²) in [7, 11) is 0. The van der Waals surface area contributed by atoms with Crippen LogP contribution in [0.25, 0.3) is 0 Å². The fourth-order valence-corrected chi connectivity index (χ4v) is 3.06. The van der Waals surface area contributed by atoms with Crippen LogP contribution in [0.1, 0.15) is 16.7 Å². The summed E-state index contributed by atoms with van der Waals surface area (Å²) >= 11 is 2.35. The van der Waals surface area contributed by atoms with Gasteiger partial charge in [0, 0.05) is 23.2 Å². The lowest BCUT2D eigenvalue weighted by molar-refractivity contribution is 0.247. The SMILES string of the molecule is Ic1ccc(CN(Cc2ccccc2)Cc2ccccc2)cc1. The summed E-state index contributed by atoms with van der Waals surface area (Å²) in [4.78, 5) is 2.49. The van der Waals surface area contributed by atoms with Crippen molar-refractivity contribution in [1.29, 1.82) is 0 Å². The van der Waals surface area contributed by atoms with Gasteiger partial charge in [-0.25, -0.2) is 0 Å². The van der Waals surface area contributed by atoms with Gasteiger partial charge >= 0.3 is 0 Å². The van der Waals surface area contributed by atoms with E-state index in [1.54, 1.807) is 0 Å². The topological polar surface area (TPSA) is 3.24 Å². The highest BCUT2D eigenvalue weighted by atomic mass is 127. The first kappa shape index (κ1) is 16.2. The van der Waals surface area contributed by atoms with Crippen molar-refractivity contribution in [1.82, 2.24) is 4.90 Å². The second-order valence-electron chi connectivity index (χ2n) is 5.74. The zero-order valence-corrected chi connectivity index (χ0v) is 15.2. The van der Waals surface area contributed by atoms with Gasteiger partial charge in [0.1, 0.15) is 0 Å². The number of benzene rings is 3. The number of hydrogen-bond acceptors (Lipinski definition) is 1. The minimum absolute atomic E-state index is 0.959. The Morgan fingerprint density at radius 3 is 1.35 bits per heavy atom. The van der Waals surface area contributed by atoms with Crippen molar-refractivity contribution in [3.63, 3.8) is 0 Å². The fourth-order valence-electron chi connectivity index (χ4n) is 2.70. The number of nitrogens with zero attached hydrogens (tertiary/aromatic N) is 1.